The molecule has 1 heterocycles. The van der Waals surface area contributed by atoms with Crippen LogP contribution >= 0.6 is 15.9 Å². The Morgan fingerprint density at radius 3 is 2.59 bits per heavy atom. The van der Waals surface area contributed by atoms with Crippen LogP contribution in [-0.4, -0.2) is 55.3 Å². The molecule has 1 atom stereocenters. The van der Waals surface area contributed by atoms with Crippen LogP contribution in [0.1, 0.15) is 24.8 Å². The second-order valence-corrected chi connectivity index (χ2v) is 6.82. The summed E-state index contributed by atoms with van der Waals surface area (Å²) in [6.45, 7) is 4.89. The molecule has 1 aliphatic heterocycles. The number of nitrogens with one attached hydrogen (secondary N) is 2. The van der Waals surface area contributed by atoms with Crippen LogP contribution in [0.25, 0.3) is 0 Å². The van der Waals surface area contributed by atoms with Gasteiger partial charge in [0.05, 0.1) is 10.5 Å². The summed E-state index contributed by atoms with van der Waals surface area (Å²) in [6.07, 6.45) is 4.00. The fraction of sp³-hybridized carbons (Fsp3) is 0.588. The molecule has 0 bridgehead atoms. The van der Waals surface area contributed by atoms with Crippen LogP contribution in [0.2, 0.25) is 0 Å². The van der Waals surface area contributed by atoms with E-state index in [0.29, 0.717) is 5.71 Å². The lowest BCUT2D eigenvalue weighted by molar-refractivity contribution is 0.183. The quantitative estimate of drug-likeness (QED) is 0.548. The van der Waals surface area contributed by atoms with Crippen molar-refractivity contribution >= 4 is 21.6 Å². The van der Waals surface area contributed by atoms with E-state index in [9.17, 15) is 0 Å². The van der Waals surface area contributed by atoms with E-state index in [4.69, 9.17) is 10.1 Å². The molecule has 1 aliphatic rings. The molecule has 1 unspecified atom stereocenters. The summed E-state index contributed by atoms with van der Waals surface area (Å²) >= 11 is 3.52. The third-order valence-electron chi connectivity index (χ3n) is 3.99. The number of likely N-dealkylation sites (tertiary alicyclic amines) is 1. The van der Waals surface area contributed by atoms with E-state index in [1.54, 1.807) is 0 Å². The first-order valence-electron chi connectivity index (χ1n) is 8.03. The Balaban J connectivity index is 1.77. The van der Waals surface area contributed by atoms with Gasteiger partial charge in [-0.3, -0.25) is 4.90 Å². The number of piperidine rings is 1. The number of hydrogen-bond acceptors (Lipinski definition) is 4. The molecule has 1 aromatic rings. The zero-order valence-corrected chi connectivity index (χ0v) is 14.9. The molecule has 1 aromatic carbocycles. The van der Waals surface area contributed by atoms with Crippen molar-refractivity contribution in [2.45, 2.75) is 24.1 Å². The van der Waals surface area contributed by atoms with E-state index < -0.39 is 0 Å². The molecule has 2 rings (SSSR count). The van der Waals surface area contributed by atoms with E-state index >= 15 is 0 Å². The predicted molar refractivity (Wildman–Crippen MR) is 95.7 cm³/mol. The molecule has 0 amide bonds. The highest BCUT2D eigenvalue weighted by atomic mass is 79.9. The zero-order valence-electron chi connectivity index (χ0n) is 13.3. The van der Waals surface area contributed by atoms with Crippen LogP contribution in [0.3, 0.4) is 0 Å². The summed E-state index contributed by atoms with van der Waals surface area (Å²) in [5.41, 5.74) is 1.52. The maximum Gasteiger partial charge on any atom is 0.119 e. The monoisotopic (exact) mass is 367 g/mol. The first-order valence-corrected chi connectivity index (χ1v) is 8.95. The van der Waals surface area contributed by atoms with Crippen LogP contribution in [0.15, 0.2) is 24.3 Å². The Morgan fingerprint density at radius 2 is 1.95 bits per heavy atom. The standard InChI is InChI=1S/C17H26BrN3O/c1-20-13-16(18)17(19)14-5-7-15(8-6-14)22-12-11-21-9-3-2-4-10-21/h5-8,16,19-20H,2-4,9-13H2,1H3. The van der Waals surface area contributed by atoms with Crippen LogP contribution in [0, 0.1) is 5.41 Å². The second kappa shape index (κ2) is 9.28. The minimum atomic E-state index is 0.0309. The summed E-state index contributed by atoms with van der Waals surface area (Å²) in [5.74, 6) is 0.883. The van der Waals surface area contributed by atoms with E-state index in [2.05, 4.69) is 26.1 Å². The van der Waals surface area contributed by atoms with E-state index in [0.717, 1.165) is 31.0 Å². The van der Waals surface area contributed by atoms with Gasteiger partial charge in [-0.05, 0) is 62.8 Å². The van der Waals surface area contributed by atoms with Crippen molar-refractivity contribution in [3.8, 4) is 5.75 Å². The molecule has 1 saturated heterocycles. The van der Waals surface area contributed by atoms with Crippen molar-refractivity contribution in [3.05, 3.63) is 29.8 Å². The lowest BCUT2D eigenvalue weighted by Gasteiger charge is -2.26. The zero-order chi connectivity index (χ0) is 15.8. The van der Waals surface area contributed by atoms with Crippen LogP contribution in [0.5, 0.6) is 5.75 Å². The van der Waals surface area contributed by atoms with Crippen molar-refractivity contribution in [2.75, 3.05) is 39.8 Å². The average Bonchev–Trinajstić information content (AvgIpc) is 2.56. The number of nitrogens with zero attached hydrogens (tertiary/aromatic N) is 1. The van der Waals surface area contributed by atoms with E-state index in [1.165, 1.54) is 32.4 Å². The van der Waals surface area contributed by atoms with Crippen molar-refractivity contribution < 1.29 is 4.74 Å². The first kappa shape index (κ1) is 17.4. The van der Waals surface area contributed by atoms with Gasteiger partial charge in [-0.15, -0.1) is 0 Å². The minimum Gasteiger partial charge on any atom is -0.492 e. The van der Waals surface area contributed by atoms with Gasteiger partial charge in [0.15, 0.2) is 0 Å². The number of benzene rings is 1. The van der Waals surface area contributed by atoms with Crippen molar-refractivity contribution in [1.82, 2.24) is 10.2 Å². The highest BCUT2D eigenvalue weighted by Crippen LogP contribution is 2.16. The Hall–Kier alpha value is -0.910. The number of rotatable bonds is 8. The minimum absolute atomic E-state index is 0.0309. The Bertz CT molecular complexity index is 457. The van der Waals surface area contributed by atoms with Crippen molar-refractivity contribution in [3.63, 3.8) is 0 Å². The normalized spacial score (nSPS) is 17.2. The molecule has 0 aromatic heterocycles. The summed E-state index contributed by atoms with van der Waals surface area (Å²) in [7, 11) is 1.89. The average molecular weight is 368 g/mol. The summed E-state index contributed by atoms with van der Waals surface area (Å²) in [5, 5.41) is 11.2. The molecule has 0 spiro atoms. The van der Waals surface area contributed by atoms with Gasteiger partial charge in [-0.1, -0.05) is 22.4 Å². The number of hydrogen-bond donors (Lipinski definition) is 2. The second-order valence-electron chi connectivity index (χ2n) is 5.71. The Morgan fingerprint density at radius 1 is 1.27 bits per heavy atom. The van der Waals surface area contributed by atoms with Gasteiger partial charge >= 0.3 is 0 Å². The smallest absolute Gasteiger partial charge is 0.119 e. The van der Waals surface area contributed by atoms with Gasteiger partial charge in [0.2, 0.25) is 0 Å². The third-order valence-corrected chi connectivity index (χ3v) is 4.77. The first-order chi connectivity index (χ1) is 10.7. The highest BCUT2D eigenvalue weighted by molar-refractivity contribution is 9.10. The number of ether oxygens (including phenoxy) is 1. The van der Waals surface area contributed by atoms with Crippen molar-refractivity contribution in [2.24, 2.45) is 0 Å². The lowest BCUT2D eigenvalue weighted by atomic mass is 10.1. The molecule has 2 N–H and O–H groups in total. The van der Waals surface area contributed by atoms with Gasteiger partial charge < -0.3 is 15.5 Å². The summed E-state index contributed by atoms with van der Waals surface area (Å²) in [4.78, 5) is 2.50. The summed E-state index contributed by atoms with van der Waals surface area (Å²) < 4.78 is 5.82. The SMILES string of the molecule is CNCC(Br)C(=N)c1ccc(OCCN2CCCCC2)cc1. The highest BCUT2D eigenvalue weighted by Gasteiger charge is 2.12. The molecule has 0 radical (unpaired) electrons. The molecule has 122 valence electrons. The maximum absolute atomic E-state index is 8.15. The molecular formula is C17H26BrN3O. The van der Waals surface area contributed by atoms with Gasteiger partial charge in [0.25, 0.3) is 0 Å². The molecule has 0 saturated carbocycles. The van der Waals surface area contributed by atoms with Crippen molar-refractivity contribution in [1.29, 1.82) is 5.41 Å². The maximum atomic E-state index is 8.15. The van der Waals surface area contributed by atoms with Gasteiger partial charge in [0.1, 0.15) is 12.4 Å². The predicted octanol–water partition coefficient (Wildman–Crippen LogP) is 2.90. The molecule has 22 heavy (non-hydrogen) atoms. The lowest BCUT2D eigenvalue weighted by Crippen LogP contribution is -2.33. The van der Waals surface area contributed by atoms with Crippen LogP contribution in [-0.2, 0) is 0 Å². The molecule has 1 fully saturated rings. The van der Waals surface area contributed by atoms with Crippen LogP contribution < -0.4 is 10.1 Å². The Labute approximate surface area is 141 Å². The topological polar surface area (TPSA) is 48.4 Å². The van der Waals surface area contributed by atoms with Gasteiger partial charge in [-0.2, -0.15) is 0 Å². The van der Waals surface area contributed by atoms with Gasteiger partial charge in [-0.25, -0.2) is 0 Å². The molecule has 5 heteroatoms. The summed E-state index contributed by atoms with van der Waals surface area (Å²) in [6, 6.07) is 7.84. The number of alkyl halides is 1. The van der Waals surface area contributed by atoms with Crippen LogP contribution in [0.4, 0.5) is 0 Å². The third kappa shape index (κ3) is 5.38. The molecule has 0 aliphatic carbocycles. The molecule has 4 nitrogen and oxygen atoms in total. The van der Waals surface area contributed by atoms with E-state index in [1.807, 2.05) is 31.3 Å². The largest absolute Gasteiger partial charge is 0.492 e. The fourth-order valence-corrected chi connectivity index (χ4v) is 3.26. The fourth-order valence-electron chi connectivity index (χ4n) is 2.67. The van der Waals surface area contributed by atoms with E-state index in [-0.39, 0.29) is 4.83 Å². The number of halogens is 1. The van der Waals surface area contributed by atoms with Gasteiger partial charge in [0, 0.05) is 13.1 Å². The Kier molecular flexibility index (Phi) is 7.36. The molecular weight excluding hydrogens is 342 g/mol.